The summed E-state index contributed by atoms with van der Waals surface area (Å²) in [7, 11) is 0. The van der Waals surface area contributed by atoms with Gasteiger partial charge < -0.3 is 10.6 Å². The highest BCUT2D eigenvalue weighted by Gasteiger charge is 2.33. The molecule has 2 N–H and O–H groups in total. The van der Waals surface area contributed by atoms with E-state index in [1.54, 1.807) is 0 Å². The molecule has 0 bridgehead atoms. The Morgan fingerprint density at radius 1 is 1.09 bits per heavy atom. The zero-order valence-corrected chi connectivity index (χ0v) is 14.6. The Morgan fingerprint density at radius 2 is 1.78 bits per heavy atom. The molecule has 1 aliphatic heterocycles. The quantitative estimate of drug-likeness (QED) is 0.894. The number of carbonyl (C=O) groups is 1. The molecule has 0 saturated carbocycles. The second-order valence-corrected chi connectivity index (χ2v) is 7.02. The van der Waals surface area contributed by atoms with Gasteiger partial charge in [0.2, 0.25) is 5.91 Å². The van der Waals surface area contributed by atoms with E-state index in [1.807, 2.05) is 35.2 Å². The van der Waals surface area contributed by atoms with Crippen LogP contribution in [0.5, 0.6) is 0 Å². The van der Waals surface area contributed by atoms with Crippen molar-refractivity contribution in [2.45, 2.75) is 24.8 Å². The Labute approximate surface area is 145 Å². The molecule has 0 spiro atoms. The van der Waals surface area contributed by atoms with Gasteiger partial charge in [-0.15, -0.1) is 0 Å². The minimum absolute atomic E-state index is 0.0223. The van der Waals surface area contributed by atoms with E-state index >= 15 is 0 Å². The first-order chi connectivity index (χ1) is 11.1. The predicted octanol–water partition coefficient (Wildman–Crippen LogP) is 3.34. The summed E-state index contributed by atoms with van der Waals surface area (Å²) in [5.41, 5.74) is 8.67. The molecule has 2 atom stereocenters. The van der Waals surface area contributed by atoms with Crippen LogP contribution in [0.4, 0.5) is 0 Å². The number of amides is 1. The molecular formula is C19H21BrN2O. The average Bonchev–Trinajstić information content (AvgIpc) is 2.97. The maximum atomic E-state index is 12.5. The monoisotopic (exact) mass is 372 g/mol. The lowest BCUT2D eigenvalue weighted by atomic mass is 9.95. The van der Waals surface area contributed by atoms with E-state index in [-0.39, 0.29) is 17.9 Å². The minimum atomic E-state index is 0.0223. The standard InChI is InChI=1S/C19H21BrN2O/c20-16-9-6-14(7-10-16)8-11-19(23)22-12-17(18(21)13-22)15-4-2-1-3-5-15/h1-7,9-10,17-18H,8,11-13,21H2/t17-,18+/m0/s1. The summed E-state index contributed by atoms with van der Waals surface area (Å²) in [6, 6.07) is 18.4. The number of nitrogens with zero attached hydrogens (tertiary/aromatic N) is 1. The number of hydrogen-bond acceptors (Lipinski definition) is 2. The highest BCUT2D eigenvalue weighted by molar-refractivity contribution is 9.10. The third kappa shape index (κ3) is 4.01. The minimum Gasteiger partial charge on any atom is -0.340 e. The van der Waals surface area contributed by atoms with Crippen molar-refractivity contribution >= 4 is 21.8 Å². The van der Waals surface area contributed by atoms with Gasteiger partial charge in [-0.25, -0.2) is 0 Å². The summed E-state index contributed by atoms with van der Waals surface area (Å²) in [4.78, 5) is 14.4. The fraction of sp³-hybridized carbons (Fsp3) is 0.316. The van der Waals surface area contributed by atoms with Gasteiger partial charge in [0.05, 0.1) is 0 Å². The molecule has 1 heterocycles. The van der Waals surface area contributed by atoms with Crippen LogP contribution in [-0.2, 0) is 11.2 Å². The zero-order chi connectivity index (χ0) is 16.2. The highest BCUT2D eigenvalue weighted by Crippen LogP contribution is 2.26. The second kappa shape index (κ2) is 7.28. The van der Waals surface area contributed by atoms with Crippen molar-refractivity contribution in [3.05, 3.63) is 70.2 Å². The van der Waals surface area contributed by atoms with Crippen molar-refractivity contribution in [1.82, 2.24) is 4.90 Å². The SMILES string of the molecule is N[C@@H]1CN(C(=O)CCc2ccc(Br)cc2)C[C@H]1c1ccccc1. The summed E-state index contributed by atoms with van der Waals surface area (Å²) >= 11 is 3.43. The lowest BCUT2D eigenvalue weighted by molar-refractivity contribution is -0.130. The molecule has 1 aliphatic rings. The lowest BCUT2D eigenvalue weighted by Crippen LogP contribution is -2.32. The molecule has 23 heavy (non-hydrogen) atoms. The second-order valence-electron chi connectivity index (χ2n) is 6.11. The lowest BCUT2D eigenvalue weighted by Gasteiger charge is -2.16. The molecule has 3 nitrogen and oxygen atoms in total. The van der Waals surface area contributed by atoms with E-state index < -0.39 is 0 Å². The number of rotatable bonds is 4. The molecule has 120 valence electrons. The van der Waals surface area contributed by atoms with E-state index in [2.05, 4.69) is 40.2 Å². The van der Waals surface area contributed by atoms with Gasteiger partial charge in [-0.2, -0.15) is 0 Å². The largest absolute Gasteiger partial charge is 0.340 e. The highest BCUT2D eigenvalue weighted by atomic mass is 79.9. The fourth-order valence-corrected chi connectivity index (χ4v) is 3.41. The van der Waals surface area contributed by atoms with Crippen molar-refractivity contribution in [2.75, 3.05) is 13.1 Å². The molecule has 0 aromatic heterocycles. The third-order valence-electron chi connectivity index (χ3n) is 4.49. The number of carbonyl (C=O) groups excluding carboxylic acids is 1. The van der Waals surface area contributed by atoms with E-state index in [9.17, 15) is 4.79 Å². The summed E-state index contributed by atoms with van der Waals surface area (Å²) < 4.78 is 1.06. The Hall–Kier alpha value is -1.65. The fourth-order valence-electron chi connectivity index (χ4n) is 3.15. The first-order valence-corrected chi connectivity index (χ1v) is 8.75. The molecule has 4 heteroatoms. The first-order valence-electron chi connectivity index (χ1n) is 7.96. The van der Waals surface area contributed by atoms with E-state index in [1.165, 1.54) is 11.1 Å². The van der Waals surface area contributed by atoms with Crippen LogP contribution in [0.2, 0.25) is 0 Å². The third-order valence-corrected chi connectivity index (χ3v) is 5.02. The van der Waals surface area contributed by atoms with Gasteiger partial charge in [-0.1, -0.05) is 58.4 Å². The van der Waals surface area contributed by atoms with Gasteiger partial charge in [0, 0.05) is 35.9 Å². The molecular weight excluding hydrogens is 352 g/mol. The molecule has 0 unspecified atom stereocenters. The van der Waals surface area contributed by atoms with Crippen molar-refractivity contribution < 1.29 is 4.79 Å². The Morgan fingerprint density at radius 3 is 2.48 bits per heavy atom. The van der Waals surface area contributed by atoms with E-state index in [0.29, 0.717) is 13.0 Å². The van der Waals surface area contributed by atoms with Gasteiger partial charge >= 0.3 is 0 Å². The Balaban J connectivity index is 1.57. The molecule has 1 amide bonds. The van der Waals surface area contributed by atoms with Crippen LogP contribution in [0.1, 0.15) is 23.5 Å². The topological polar surface area (TPSA) is 46.3 Å². The van der Waals surface area contributed by atoms with Gasteiger partial charge in [0.25, 0.3) is 0 Å². The first kappa shape index (κ1) is 16.2. The normalized spacial score (nSPS) is 20.7. The smallest absolute Gasteiger partial charge is 0.222 e. The molecule has 1 fully saturated rings. The van der Waals surface area contributed by atoms with Crippen LogP contribution >= 0.6 is 15.9 Å². The number of benzene rings is 2. The molecule has 2 aromatic rings. The van der Waals surface area contributed by atoms with Crippen molar-refractivity contribution in [1.29, 1.82) is 0 Å². The van der Waals surface area contributed by atoms with Crippen molar-refractivity contribution in [3.8, 4) is 0 Å². The van der Waals surface area contributed by atoms with Crippen molar-refractivity contribution in [3.63, 3.8) is 0 Å². The predicted molar refractivity (Wildman–Crippen MR) is 96.2 cm³/mol. The average molecular weight is 373 g/mol. The molecule has 0 radical (unpaired) electrons. The Bertz CT molecular complexity index is 657. The van der Waals surface area contributed by atoms with E-state index in [0.717, 1.165) is 17.4 Å². The van der Waals surface area contributed by atoms with Crippen LogP contribution in [0.15, 0.2) is 59.1 Å². The number of nitrogens with two attached hydrogens (primary N) is 1. The maximum absolute atomic E-state index is 12.5. The molecule has 3 rings (SSSR count). The molecule has 1 saturated heterocycles. The maximum Gasteiger partial charge on any atom is 0.222 e. The molecule has 2 aromatic carbocycles. The van der Waals surface area contributed by atoms with Gasteiger partial charge in [0.1, 0.15) is 0 Å². The molecule has 0 aliphatic carbocycles. The van der Waals surface area contributed by atoms with Crippen LogP contribution < -0.4 is 5.73 Å². The van der Waals surface area contributed by atoms with Gasteiger partial charge in [0.15, 0.2) is 0 Å². The van der Waals surface area contributed by atoms with Crippen LogP contribution in [0.25, 0.3) is 0 Å². The Kier molecular flexibility index (Phi) is 5.13. The summed E-state index contributed by atoms with van der Waals surface area (Å²) in [6.07, 6.45) is 1.31. The zero-order valence-electron chi connectivity index (χ0n) is 13.0. The van der Waals surface area contributed by atoms with Crippen LogP contribution in [0.3, 0.4) is 0 Å². The van der Waals surface area contributed by atoms with Gasteiger partial charge in [-0.05, 0) is 29.7 Å². The number of aryl methyl sites for hydroxylation is 1. The van der Waals surface area contributed by atoms with Crippen LogP contribution in [-0.4, -0.2) is 29.9 Å². The van der Waals surface area contributed by atoms with Crippen LogP contribution in [0, 0.1) is 0 Å². The number of likely N-dealkylation sites (tertiary alicyclic amines) is 1. The number of hydrogen-bond donors (Lipinski definition) is 1. The van der Waals surface area contributed by atoms with Crippen molar-refractivity contribution in [2.24, 2.45) is 5.73 Å². The number of halogens is 1. The van der Waals surface area contributed by atoms with Gasteiger partial charge in [-0.3, -0.25) is 4.79 Å². The van der Waals surface area contributed by atoms with E-state index in [4.69, 9.17) is 5.73 Å². The summed E-state index contributed by atoms with van der Waals surface area (Å²) in [5, 5.41) is 0. The summed E-state index contributed by atoms with van der Waals surface area (Å²) in [6.45, 7) is 1.38. The summed E-state index contributed by atoms with van der Waals surface area (Å²) in [5.74, 6) is 0.439.